The van der Waals surface area contributed by atoms with Crippen molar-refractivity contribution in [3.8, 4) is 0 Å². The Morgan fingerprint density at radius 2 is 1.67 bits per heavy atom. The normalized spacial score (nSPS) is 14.1. The number of nitrogens with two attached hydrogens (primary N) is 1. The molecule has 1 aromatic heterocycles. The molecule has 1 atom stereocenters. The monoisotopic (exact) mass is 607 g/mol. The molecule has 1 unspecified atom stereocenters. The Kier molecular flexibility index (Phi) is 9.54. The number of benzene rings is 3. The van der Waals surface area contributed by atoms with Crippen molar-refractivity contribution < 1.29 is 14.3 Å². The van der Waals surface area contributed by atoms with Crippen molar-refractivity contribution in [2.45, 2.75) is 19.0 Å². The van der Waals surface area contributed by atoms with E-state index in [1.165, 1.54) is 9.47 Å². The third kappa shape index (κ3) is 6.50. The van der Waals surface area contributed by atoms with Gasteiger partial charge in [0.2, 0.25) is 0 Å². The summed E-state index contributed by atoms with van der Waals surface area (Å²) < 4.78 is 6.98. The first-order valence-corrected chi connectivity index (χ1v) is 14.5. The van der Waals surface area contributed by atoms with Crippen LogP contribution in [0, 0.1) is 0 Å². The Hall–Kier alpha value is -3.76. The fraction of sp³-hybridized carbons (Fsp3) is 0.290. The summed E-state index contributed by atoms with van der Waals surface area (Å²) in [5.74, 6) is -0.611. The van der Waals surface area contributed by atoms with E-state index in [-0.39, 0.29) is 30.4 Å². The van der Waals surface area contributed by atoms with Gasteiger partial charge in [-0.1, -0.05) is 53.5 Å². The molecule has 1 aliphatic heterocycles. The van der Waals surface area contributed by atoms with Crippen molar-refractivity contribution in [1.29, 1.82) is 0 Å². The van der Waals surface area contributed by atoms with Gasteiger partial charge in [0.1, 0.15) is 5.82 Å². The minimum absolute atomic E-state index is 0.146. The van der Waals surface area contributed by atoms with Crippen molar-refractivity contribution in [2.75, 3.05) is 39.4 Å². The summed E-state index contributed by atoms with van der Waals surface area (Å²) in [6, 6.07) is 19.5. The molecule has 1 saturated heterocycles. The first-order chi connectivity index (χ1) is 20.4. The first kappa shape index (κ1) is 29.7. The van der Waals surface area contributed by atoms with Gasteiger partial charge in [0.05, 0.1) is 30.7 Å². The Labute approximate surface area is 253 Å². The number of nitrogens with zero attached hydrogens (tertiary/aromatic N) is 4. The van der Waals surface area contributed by atoms with Crippen LogP contribution in [0.4, 0.5) is 0 Å². The second-order valence-electron chi connectivity index (χ2n) is 10.00. The molecule has 2 N–H and O–H groups in total. The zero-order valence-electron chi connectivity index (χ0n) is 22.9. The predicted octanol–water partition coefficient (Wildman–Crippen LogP) is 4.14. The summed E-state index contributed by atoms with van der Waals surface area (Å²) >= 11 is 12.4. The van der Waals surface area contributed by atoms with Crippen LogP contribution in [-0.2, 0) is 16.1 Å². The van der Waals surface area contributed by atoms with Gasteiger partial charge in [0.15, 0.2) is 6.04 Å². The quantitative estimate of drug-likeness (QED) is 0.306. The molecular weight excluding hydrogens is 577 g/mol. The standard InChI is InChI=1S/C31H31Cl2N5O4/c32-23-9-7-22(8-10-23)29(39)37(14-4-13-34)27(31(41)36-15-17-42-18-16-36)28-35-26-19-24(33)11-12-25(26)30(40)38(28)20-21-5-2-1-3-6-21/h1-3,5-12,19,27H,4,13-18,20,34H2. The maximum Gasteiger partial charge on any atom is 0.261 e. The molecule has 4 aromatic rings. The largest absolute Gasteiger partial charge is 0.378 e. The van der Waals surface area contributed by atoms with Gasteiger partial charge in [-0.2, -0.15) is 0 Å². The number of ether oxygens (including phenoxy) is 1. The second kappa shape index (κ2) is 13.5. The number of carbonyl (C=O) groups is 2. The van der Waals surface area contributed by atoms with Crippen LogP contribution in [-0.4, -0.2) is 70.6 Å². The Balaban J connectivity index is 1.74. The SMILES string of the molecule is NCCCN(C(=O)c1ccc(Cl)cc1)C(C(=O)N1CCOCC1)c1nc2cc(Cl)ccc2c(=O)n1Cc1ccccc1. The number of halogens is 2. The number of fused-ring (bicyclic) bond motifs is 1. The van der Waals surface area contributed by atoms with Crippen LogP contribution in [0.1, 0.15) is 34.2 Å². The molecule has 42 heavy (non-hydrogen) atoms. The van der Waals surface area contributed by atoms with E-state index in [0.717, 1.165) is 5.56 Å². The molecule has 218 valence electrons. The number of hydrogen-bond acceptors (Lipinski definition) is 6. The third-order valence-electron chi connectivity index (χ3n) is 7.20. The highest BCUT2D eigenvalue weighted by atomic mass is 35.5. The highest BCUT2D eigenvalue weighted by Gasteiger charge is 2.38. The van der Waals surface area contributed by atoms with Gasteiger partial charge in [0.25, 0.3) is 17.4 Å². The molecule has 9 nitrogen and oxygen atoms in total. The zero-order valence-corrected chi connectivity index (χ0v) is 24.4. The smallest absolute Gasteiger partial charge is 0.261 e. The van der Waals surface area contributed by atoms with Crippen LogP contribution in [0.3, 0.4) is 0 Å². The fourth-order valence-electron chi connectivity index (χ4n) is 5.05. The van der Waals surface area contributed by atoms with Crippen LogP contribution < -0.4 is 11.3 Å². The van der Waals surface area contributed by atoms with Crippen molar-refractivity contribution in [1.82, 2.24) is 19.4 Å². The van der Waals surface area contributed by atoms with Gasteiger partial charge in [-0.05, 0) is 61.0 Å². The van der Waals surface area contributed by atoms with Crippen LogP contribution in [0.25, 0.3) is 10.9 Å². The summed E-state index contributed by atoms with van der Waals surface area (Å²) in [4.78, 5) is 50.7. The molecule has 0 spiro atoms. The molecule has 1 fully saturated rings. The predicted molar refractivity (Wildman–Crippen MR) is 163 cm³/mol. The van der Waals surface area contributed by atoms with Crippen molar-refractivity contribution >= 4 is 45.9 Å². The van der Waals surface area contributed by atoms with E-state index in [1.54, 1.807) is 47.4 Å². The molecule has 2 amide bonds. The molecular formula is C31H31Cl2N5O4. The molecule has 0 bridgehead atoms. The van der Waals surface area contributed by atoms with Crippen LogP contribution in [0.2, 0.25) is 10.0 Å². The van der Waals surface area contributed by atoms with Crippen molar-refractivity contribution in [3.05, 3.63) is 110 Å². The molecule has 1 aliphatic rings. The van der Waals surface area contributed by atoms with E-state index in [9.17, 15) is 14.4 Å². The van der Waals surface area contributed by atoms with Crippen LogP contribution >= 0.6 is 23.2 Å². The molecule has 0 radical (unpaired) electrons. The second-order valence-corrected chi connectivity index (χ2v) is 10.9. The summed E-state index contributed by atoms with van der Waals surface area (Å²) in [5.41, 5.74) is 7.07. The van der Waals surface area contributed by atoms with E-state index >= 15 is 0 Å². The third-order valence-corrected chi connectivity index (χ3v) is 7.69. The molecule has 11 heteroatoms. The average molecular weight is 609 g/mol. The lowest BCUT2D eigenvalue weighted by atomic mass is 10.1. The lowest BCUT2D eigenvalue weighted by Crippen LogP contribution is -2.51. The van der Waals surface area contributed by atoms with Gasteiger partial charge in [-0.3, -0.25) is 19.0 Å². The van der Waals surface area contributed by atoms with Crippen molar-refractivity contribution in [2.24, 2.45) is 5.73 Å². The number of carbonyl (C=O) groups excluding carboxylic acids is 2. The van der Waals surface area contributed by atoms with Gasteiger partial charge in [-0.25, -0.2) is 4.98 Å². The Morgan fingerprint density at radius 3 is 2.36 bits per heavy atom. The van der Waals surface area contributed by atoms with E-state index < -0.39 is 11.9 Å². The van der Waals surface area contributed by atoms with E-state index in [1.807, 2.05) is 30.3 Å². The average Bonchev–Trinajstić information content (AvgIpc) is 3.01. The first-order valence-electron chi connectivity index (χ1n) is 13.7. The minimum Gasteiger partial charge on any atom is -0.378 e. The van der Waals surface area contributed by atoms with Gasteiger partial charge in [0, 0.05) is 35.2 Å². The van der Waals surface area contributed by atoms with Gasteiger partial charge >= 0.3 is 0 Å². The van der Waals surface area contributed by atoms with E-state index in [4.69, 9.17) is 38.7 Å². The maximum absolute atomic E-state index is 14.5. The highest BCUT2D eigenvalue weighted by molar-refractivity contribution is 6.31. The number of rotatable bonds is 9. The van der Waals surface area contributed by atoms with Crippen LogP contribution in [0.5, 0.6) is 0 Å². The maximum atomic E-state index is 14.5. The summed E-state index contributed by atoms with van der Waals surface area (Å²) in [5, 5.41) is 1.23. The van der Waals surface area contributed by atoms with Gasteiger partial charge < -0.3 is 20.3 Å². The molecule has 5 rings (SSSR count). The Bertz CT molecular complexity index is 1620. The lowest BCUT2D eigenvalue weighted by molar-refractivity contribution is -0.141. The number of hydrogen-bond donors (Lipinski definition) is 1. The summed E-state index contributed by atoms with van der Waals surface area (Å²) in [6.07, 6.45) is 0.425. The Morgan fingerprint density at radius 1 is 0.976 bits per heavy atom. The minimum atomic E-state index is -1.22. The zero-order chi connectivity index (χ0) is 29.6. The molecule has 2 heterocycles. The molecule has 3 aromatic carbocycles. The number of aromatic nitrogens is 2. The molecule has 0 aliphatic carbocycles. The molecule has 0 saturated carbocycles. The lowest BCUT2D eigenvalue weighted by Gasteiger charge is -2.36. The van der Waals surface area contributed by atoms with E-state index in [2.05, 4.69) is 0 Å². The summed E-state index contributed by atoms with van der Waals surface area (Å²) in [6.45, 7) is 2.02. The number of amides is 2. The van der Waals surface area contributed by atoms with E-state index in [0.29, 0.717) is 65.8 Å². The highest BCUT2D eigenvalue weighted by Crippen LogP contribution is 2.28. The van der Waals surface area contributed by atoms with Gasteiger partial charge in [-0.15, -0.1) is 0 Å². The van der Waals surface area contributed by atoms with Crippen molar-refractivity contribution in [3.63, 3.8) is 0 Å². The number of morpholine rings is 1. The fourth-order valence-corrected chi connectivity index (χ4v) is 5.34. The summed E-state index contributed by atoms with van der Waals surface area (Å²) in [7, 11) is 0. The van der Waals surface area contributed by atoms with Crippen LogP contribution in [0.15, 0.2) is 77.6 Å². The topological polar surface area (TPSA) is 111 Å².